The van der Waals surface area contributed by atoms with E-state index < -0.39 is 10.0 Å². The number of hydrogen-bond donors (Lipinski definition) is 0. The summed E-state index contributed by atoms with van der Waals surface area (Å²) >= 11 is 6.92. The van der Waals surface area contributed by atoms with E-state index in [1.165, 1.54) is 29.2 Å². The first kappa shape index (κ1) is 17.1. The van der Waals surface area contributed by atoms with Crippen LogP contribution in [0.1, 0.15) is 13.3 Å². The maximum Gasteiger partial charge on any atom is 0.284 e. The third kappa shape index (κ3) is 3.53. The van der Waals surface area contributed by atoms with Gasteiger partial charge in [0.05, 0.1) is 10.1 Å². The Kier molecular flexibility index (Phi) is 5.31. The summed E-state index contributed by atoms with van der Waals surface area (Å²) in [7, 11) is -3.89. The van der Waals surface area contributed by atoms with E-state index in [0.29, 0.717) is 11.4 Å². The Balaban J connectivity index is 2.39. The number of sulfonamides is 1. The molecule has 1 aliphatic heterocycles. The van der Waals surface area contributed by atoms with Gasteiger partial charge in [0.1, 0.15) is 0 Å². The molecule has 5 nitrogen and oxygen atoms in total. The normalized spacial score (nSPS) is 20.6. The Morgan fingerprint density at radius 3 is 2.59 bits per heavy atom. The molecule has 0 spiro atoms. The van der Waals surface area contributed by atoms with E-state index in [4.69, 9.17) is 11.6 Å². The van der Waals surface area contributed by atoms with Crippen LogP contribution in [0.25, 0.3) is 0 Å². The van der Waals surface area contributed by atoms with Crippen LogP contribution < -0.4 is 0 Å². The van der Waals surface area contributed by atoms with Crippen molar-refractivity contribution in [2.45, 2.75) is 23.5 Å². The molecule has 1 saturated heterocycles. The number of benzene rings is 1. The molecule has 0 aliphatic carbocycles. The van der Waals surface area contributed by atoms with Gasteiger partial charge in [-0.1, -0.05) is 36.4 Å². The van der Waals surface area contributed by atoms with Crippen LogP contribution >= 0.6 is 23.4 Å². The summed E-state index contributed by atoms with van der Waals surface area (Å²) in [6, 6.07) is 5.74. The highest BCUT2D eigenvalue weighted by Gasteiger charge is 2.37. The van der Waals surface area contributed by atoms with Crippen molar-refractivity contribution in [2.24, 2.45) is 4.40 Å². The average Bonchev–Trinajstić information content (AvgIpc) is 2.76. The molecule has 0 saturated carbocycles. The van der Waals surface area contributed by atoms with Gasteiger partial charge in [0.25, 0.3) is 10.0 Å². The summed E-state index contributed by atoms with van der Waals surface area (Å²) in [5, 5.41) is 0.321. The highest BCUT2D eigenvalue weighted by molar-refractivity contribution is 8.16. The smallest absolute Gasteiger partial charge is 0.284 e. The zero-order valence-electron chi connectivity index (χ0n) is 11.9. The van der Waals surface area contributed by atoms with Gasteiger partial charge in [-0.05, 0) is 30.7 Å². The number of carbonyl (C=O) groups is 1. The third-order valence-corrected chi connectivity index (χ3v) is 6.00. The van der Waals surface area contributed by atoms with Crippen LogP contribution in [0.4, 0.5) is 0 Å². The molecule has 2 rings (SSSR count). The van der Waals surface area contributed by atoms with Crippen LogP contribution in [-0.2, 0) is 14.8 Å². The lowest BCUT2D eigenvalue weighted by Gasteiger charge is -2.13. The Bertz CT molecular complexity index is 714. The van der Waals surface area contributed by atoms with Gasteiger partial charge >= 0.3 is 0 Å². The predicted octanol–water partition coefficient (Wildman–Crippen LogP) is 2.92. The second kappa shape index (κ2) is 6.85. The van der Waals surface area contributed by atoms with Crippen molar-refractivity contribution in [2.75, 3.05) is 6.54 Å². The van der Waals surface area contributed by atoms with Gasteiger partial charge in [-0.15, -0.1) is 11.0 Å². The molecule has 0 bridgehead atoms. The summed E-state index contributed by atoms with van der Waals surface area (Å²) < 4.78 is 28.5. The summed E-state index contributed by atoms with van der Waals surface area (Å²) in [5.41, 5.74) is 0. The van der Waals surface area contributed by atoms with Crippen LogP contribution in [0, 0.1) is 0 Å². The SMILES string of the molecule is C=CCN1C(=O)[C@H](CC)SC1=NS(=O)(=O)c1ccc(Cl)cc1. The summed E-state index contributed by atoms with van der Waals surface area (Å²) in [6.45, 7) is 5.69. The van der Waals surface area contributed by atoms with Gasteiger partial charge in [0, 0.05) is 11.6 Å². The van der Waals surface area contributed by atoms with E-state index in [1.807, 2.05) is 6.92 Å². The van der Waals surface area contributed by atoms with Crippen LogP contribution in [0.3, 0.4) is 0 Å². The molecule has 1 amide bonds. The first-order valence-corrected chi connectivity index (χ1v) is 9.28. The van der Waals surface area contributed by atoms with E-state index in [1.54, 1.807) is 6.08 Å². The van der Waals surface area contributed by atoms with Gasteiger partial charge < -0.3 is 0 Å². The first-order valence-electron chi connectivity index (χ1n) is 6.58. The minimum atomic E-state index is -3.89. The Labute approximate surface area is 139 Å². The van der Waals surface area contributed by atoms with E-state index in [-0.39, 0.29) is 27.8 Å². The highest BCUT2D eigenvalue weighted by atomic mass is 35.5. The molecule has 1 aliphatic rings. The van der Waals surface area contributed by atoms with E-state index in [0.717, 1.165) is 11.8 Å². The standard InChI is InChI=1S/C14H15ClN2O3S2/c1-3-9-17-13(18)12(4-2)21-14(17)16-22(19,20)11-7-5-10(15)6-8-11/h3,5-8,12H,1,4,9H2,2H3/t12-/m0/s1. The van der Waals surface area contributed by atoms with Crippen molar-refractivity contribution in [3.05, 3.63) is 41.9 Å². The molecule has 0 unspecified atom stereocenters. The van der Waals surface area contributed by atoms with Crippen molar-refractivity contribution < 1.29 is 13.2 Å². The Hall–Kier alpha value is -1.31. The molecule has 8 heteroatoms. The number of halogens is 1. The molecule has 0 radical (unpaired) electrons. The fraction of sp³-hybridized carbons (Fsp3) is 0.286. The minimum Gasteiger partial charge on any atom is -0.286 e. The molecule has 1 atom stereocenters. The summed E-state index contributed by atoms with van der Waals surface area (Å²) in [4.78, 5) is 13.6. The topological polar surface area (TPSA) is 66.8 Å². The maximum atomic E-state index is 12.3. The van der Waals surface area contributed by atoms with Crippen molar-refractivity contribution in [1.29, 1.82) is 0 Å². The molecule has 1 fully saturated rings. The van der Waals surface area contributed by atoms with Crippen LogP contribution in [0.5, 0.6) is 0 Å². The van der Waals surface area contributed by atoms with Crippen molar-refractivity contribution in [3.63, 3.8) is 0 Å². The molecule has 1 aromatic carbocycles. The Morgan fingerprint density at radius 2 is 2.05 bits per heavy atom. The van der Waals surface area contributed by atoms with Crippen LogP contribution in [0.15, 0.2) is 46.2 Å². The molecular weight excluding hydrogens is 344 g/mol. The monoisotopic (exact) mass is 358 g/mol. The van der Waals surface area contributed by atoms with Gasteiger partial charge in [0.15, 0.2) is 5.17 Å². The van der Waals surface area contributed by atoms with E-state index in [2.05, 4.69) is 11.0 Å². The number of nitrogens with zero attached hydrogens (tertiary/aromatic N) is 2. The van der Waals surface area contributed by atoms with Crippen molar-refractivity contribution >= 4 is 44.5 Å². The average molecular weight is 359 g/mol. The van der Waals surface area contributed by atoms with Crippen LogP contribution in [0.2, 0.25) is 5.02 Å². The van der Waals surface area contributed by atoms with Gasteiger partial charge in [-0.3, -0.25) is 9.69 Å². The molecular formula is C14H15ClN2O3S2. The Morgan fingerprint density at radius 1 is 1.41 bits per heavy atom. The highest BCUT2D eigenvalue weighted by Crippen LogP contribution is 2.30. The lowest BCUT2D eigenvalue weighted by Crippen LogP contribution is -2.32. The zero-order valence-corrected chi connectivity index (χ0v) is 14.3. The zero-order chi connectivity index (χ0) is 16.3. The number of hydrogen-bond acceptors (Lipinski definition) is 4. The molecule has 118 valence electrons. The lowest BCUT2D eigenvalue weighted by atomic mass is 10.3. The quantitative estimate of drug-likeness (QED) is 0.759. The number of rotatable bonds is 5. The number of amidine groups is 1. The number of thioether (sulfide) groups is 1. The second-order valence-corrected chi connectivity index (χ2v) is 7.77. The van der Waals surface area contributed by atoms with Crippen LogP contribution in [-0.4, -0.2) is 36.2 Å². The molecule has 1 aromatic rings. The molecule has 0 N–H and O–H groups in total. The van der Waals surface area contributed by atoms with Crippen molar-refractivity contribution in [3.8, 4) is 0 Å². The van der Waals surface area contributed by atoms with E-state index >= 15 is 0 Å². The van der Waals surface area contributed by atoms with E-state index in [9.17, 15) is 13.2 Å². The van der Waals surface area contributed by atoms with Gasteiger partial charge in [-0.2, -0.15) is 8.42 Å². The summed E-state index contributed by atoms with van der Waals surface area (Å²) in [6.07, 6.45) is 2.15. The molecule has 22 heavy (non-hydrogen) atoms. The minimum absolute atomic E-state index is 0.0379. The number of amides is 1. The summed E-state index contributed by atoms with van der Waals surface area (Å²) in [5.74, 6) is -0.141. The van der Waals surface area contributed by atoms with Crippen molar-refractivity contribution in [1.82, 2.24) is 4.90 Å². The predicted molar refractivity (Wildman–Crippen MR) is 89.7 cm³/mol. The number of carbonyl (C=O) groups excluding carboxylic acids is 1. The second-order valence-electron chi connectivity index (χ2n) is 4.56. The van der Waals surface area contributed by atoms with Gasteiger partial charge in [-0.25, -0.2) is 0 Å². The molecule has 0 aromatic heterocycles. The first-order chi connectivity index (χ1) is 10.4. The maximum absolute atomic E-state index is 12.3. The fourth-order valence-electron chi connectivity index (χ4n) is 1.90. The third-order valence-electron chi connectivity index (χ3n) is 3.01. The van der Waals surface area contributed by atoms with Gasteiger partial charge in [0.2, 0.25) is 5.91 Å². The lowest BCUT2D eigenvalue weighted by molar-refractivity contribution is -0.125. The fourth-order valence-corrected chi connectivity index (χ4v) is 4.32. The largest absolute Gasteiger partial charge is 0.286 e. The molecule has 1 heterocycles.